The van der Waals surface area contributed by atoms with E-state index >= 15 is 0 Å². The van der Waals surface area contributed by atoms with E-state index in [1.54, 1.807) is 0 Å². The molecule has 0 aliphatic heterocycles. The number of aromatic nitrogens is 1. The number of hydrogen-bond acceptors (Lipinski definition) is 2. The molecular formula is C8H11N2O+. The van der Waals surface area contributed by atoms with Crippen LogP contribution in [0.4, 0.5) is 0 Å². The first-order valence-electron chi connectivity index (χ1n) is 3.48. The second-order valence-electron chi connectivity index (χ2n) is 2.59. The second-order valence-corrected chi connectivity index (χ2v) is 2.59. The van der Waals surface area contributed by atoms with Gasteiger partial charge in [-0.05, 0) is 12.5 Å². The van der Waals surface area contributed by atoms with Gasteiger partial charge in [0.1, 0.15) is 7.05 Å². The van der Waals surface area contributed by atoms with Gasteiger partial charge >= 0.3 is 0 Å². The largest absolute Gasteiger partial charge is 0.206 e. The van der Waals surface area contributed by atoms with E-state index in [9.17, 15) is 4.91 Å². The van der Waals surface area contributed by atoms with E-state index in [-0.39, 0.29) is 6.54 Å². The summed E-state index contributed by atoms with van der Waals surface area (Å²) in [5.74, 6) is 0. The third-order valence-electron chi connectivity index (χ3n) is 1.63. The molecule has 1 heterocycles. The van der Waals surface area contributed by atoms with E-state index in [0.717, 1.165) is 11.3 Å². The molecule has 0 N–H and O–H groups in total. The highest BCUT2D eigenvalue weighted by atomic mass is 16.3. The Kier molecular flexibility index (Phi) is 2.31. The van der Waals surface area contributed by atoms with E-state index in [0.29, 0.717) is 0 Å². The predicted octanol–water partition coefficient (Wildman–Crippen LogP) is 1.09. The molecule has 58 valence electrons. The first kappa shape index (κ1) is 7.85. The van der Waals surface area contributed by atoms with Gasteiger partial charge in [-0.2, -0.15) is 4.91 Å². The molecule has 1 aromatic rings. The van der Waals surface area contributed by atoms with Gasteiger partial charge in [-0.25, -0.2) is 4.57 Å². The lowest BCUT2D eigenvalue weighted by atomic mass is 10.2. The van der Waals surface area contributed by atoms with Crippen molar-refractivity contribution in [2.45, 2.75) is 13.5 Å². The van der Waals surface area contributed by atoms with Crippen molar-refractivity contribution < 1.29 is 4.57 Å². The highest BCUT2D eigenvalue weighted by Crippen LogP contribution is 1.98. The van der Waals surface area contributed by atoms with Gasteiger partial charge in [0.15, 0.2) is 12.7 Å². The van der Waals surface area contributed by atoms with Crippen molar-refractivity contribution in [1.29, 1.82) is 0 Å². The third kappa shape index (κ3) is 1.83. The van der Waals surface area contributed by atoms with Crippen LogP contribution in [0.5, 0.6) is 0 Å². The quantitative estimate of drug-likeness (QED) is 0.460. The smallest absolute Gasteiger partial charge is 0.203 e. The van der Waals surface area contributed by atoms with Crippen molar-refractivity contribution in [3.63, 3.8) is 0 Å². The molecule has 1 aromatic heterocycles. The van der Waals surface area contributed by atoms with Gasteiger partial charge in [0, 0.05) is 12.1 Å². The molecule has 0 radical (unpaired) electrons. The zero-order chi connectivity index (χ0) is 8.27. The van der Waals surface area contributed by atoms with Crippen LogP contribution < -0.4 is 4.57 Å². The van der Waals surface area contributed by atoms with Crippen molar-refractivity contribution >= 4 is 0 Å². The van der Waals surface area contributed by atoms with Crippen molar-refractivity contribution in [1.82, 2.24) is 0 Å². The lowest BCUT2D eigenvalue weighted by molar-refractivity contribution is -0.679. The van der Waals surface area contributed by atoms with Gasteiger partial charge in [0.2, 0.25) is 5.69 Å². The zero-order valence-corrected chi connectivity index (χ0v) is 6.74. The normalized spacial score (nSPS) is 9.64. The molecule has 3 nitrogen and oxygen atoms in total. The number of nitrogens with zero attached hydrogens (tertiary/aromatic N) is 2. The molecule has 0 aliphatic carbocycles. The average Bonchev–Trinajstić information content (AvgIpc) is 1.98. The third-order valence-corrected chi connectivity index (χ3v) is 1.63. The molecule has 0 saturated heterocycles. The summed E-state index contributed by atoms with van der Waals surface area (Å²) in [5, 5.41) is 2.84. The molecule has 0 atom stereocenters. The molecule has 0 unspecified atom stereocenters. The molecule has 0 aliphatic rings. The van der Waals surface area contributed by atoms with Gasteiger partial charge in [0.05, 0.1) is 0 Å². The number of aryl methyl sites for hydroxylation is 2. The standard InChI is InChI=1S/C8H11N2O/c1-7-3-4-10(2)8(5-7)6-9-11/h3-5H,6H2,1-2H3/q+1. The minimum absolute atomic E-state index is 0.248. The molecule has 0 saturated carbocycles. The van der Waals surface area contributed by atoms with Crippen LogP contribution in [-0.4, -0.2) is 0 Å². The van der Waals surface area contributed by atoms with Crippen molar-refractivity contribution in [2.24, 2.45) is 12.2 Å². The SMILES string of the molecule is Cc1cc[n+](C)c(CN=O)c1. The molecule has 3 heteroatoms. The van der Waals surface area contributed by atoms with E-state index < -0.39 is 0 Å². The monoisotopic (exact) mass is 151 g/mol. The van der Waals surface area contributed by atoms with Gasteiger partial charge in [-0.3, -0.25) is 0 Å². The molecular weight excluding hydrogens is 140 g/mol. The van der Waals surface area contributed by atoms with Crippen LogP contribution in [0.2, 0.25) is 0 Å². The lowest BCUT2D eigenvalue weighted by Gasteiger charge is -1.94. The fraction of sp³-hybridized carbons (Fsp3) is 0.375. The molecule has 0 fully saturated rings. The number of hydrogen-bond donors (Lipinski definition) is 0. The Labute approximate surface area is 65.7 Å². The fourth-order valence-corrected chi connectivity index (χ4v) is 0.961. The number of pyridine rings is 1. The first-order chi connectivity index (χ1) is 5.24. The van der Waals surface area contributed by atoms with Crippen molar-refractivity contribution in [3.05, 3.63) is 34.5 Å². The topological polar surface area (TPSA) is 33.3 Å². The Morgan fingerprint density at radius 1 is 1.64 bits per heavy atom. The lowest BCUT2D eigenvalue weighted by Crippen LogP contribution is -2.32. The van der Waals surface area contributed by atoms with Crippen LogP contribution >= 0.6 is 0 Å². The Morgan fingerprint density at radius 2 is 2.36 bits per heavy atom. The zero-order valence-electron chi connectivity index (χ0n) is 6.74. The molecule has 0 bridgehead atoms. The molecule has 0 aromatic carbocycles. The van der Waals surface area contributed by atoms with E-state index in [1.807, 2.05) is 36.9 Å². The van der Waals surface area contributed by atoms with Crippen LogP contribution in [-0.2, 0) is 13.6 Å². The van der Waals surface area contributed by atoms with E-state index in [4.69, 9.17) is 0 Å². The Hall–Kier alpha value is -1.25. The summed E-state index contributed by atoms with van der Waals surface area (Å²) in [7, 11) is 1.90. The average molecular weight is 151 g/mol. The number of nitroso groups, excluding NO2 is 1. The highest BCUT2D eigenvalue weighted by Gasteiger charge is 2.04. The van der Waals surface area contributed by atoms with Gasteiger partial charge in [0.25, 0.3) is 0 Å². The summed E-state index contributed by atoms with van der Waals surface area (Å²) in [6.45, 7) is 2.24. The van der Waals surface area contributed by atoms with E-state index in [1.165, 1.54) is 0 Å². The predicted molar refractivity (Wildman–Crippen MR) is 41.9 cm³/mol. The molecule has 11 heavy (non-hydrogen) atoms. The van der Waals surface area contributed by atoms with Gasteiger partial charge in [-0.15, -0.1) is 0 Å². The van der Waals surface area contributed by atoms with Crippen LogP contribution in [0.1, 0.15) is 11.3 Å². The summed E-state index contributed by atoms with van der Waals surface area (Å²) in [6.07, 6.45) is 1.93. The minimum Gasteiger partial charge on any atom is -0.203 e. The summed E-state index contributed by atoms with van der Waals surface area (Å²) >= 11 is 0. The molecule has 0 spiro atoms. The van der Waals surface area contributed by atoms with Gasteiger partial charge < -0.3 is 0 Å². The van der Waals surface area contributed by atoms with Crippen molar-refractivity contribution in [2.75, 3.05) is 0 Å². The maximum Gasteiger partial charge on any atom is 0.206 e. The second kappa shape index (κ2) is 3.23. The number of rotatable bonds is 2. The summed E-state index contributed by atoms with van der Waals surface area (Å²) < 4.78 is 1.90. The highest BCUT2D eigenvalue weighted by molar-refractivity contribution is 5.09. The van der Waals surface area contributed by atoms with Crippen LogP contribution in [0.3, 0.4) is 0 Å². The maximum absolute atomic E-state index is 9.97. The summed E-state index contributed by atoms with van der Waals surface area (Å²) in [5.41, 5.74) is 2.10. The van der Waals surface area contributed by atoms with Crippen LogP contribution in [0.25, 0.3) is 0 Å². The molecule has 1 rings (SSSR count). The van der Waals surface area contributed by atoms with Crippen LogP contribution in [0, 0.1) is 11.8 Å². The Bertz CT molecular complexity index is 271. The van der Waals surface area contributed by atoms with Crippen molar-refractivity contribution in [3.8, 4) is 0 Å². The maximum atomic E-state index is 9.97. The Morgan fingerprint density at radius 3 is 3.00 bits per heavy atom. The summed E-state index contributed by atoms with van der Waals surface area (Å²) in [4.78, 5) is 9.97. The Balaban J connectivity index is 3.01. The fourth-order valence-electron chi connectivity index (χ4n) is 0.961. The van der Waals surface area contributed by atoms with Crippen LogP contribution in [0.15, 0.2) is 23.5 Å². The molecule has 0 amide bonds. The van der Waals surface area contributed by atoms with Gasteiger partial charge in [-0.1, -0.05) is 5.18 Å². The van der Waals surface area contributed by atoms with E-state index in [2.05, 4.69) is 5.18 Å². The first-order valence-corrected chi connectivity index (χ1v) is 3.48. The summed E-state index contributed by atoms with van der Waals surface area (Å²) in [6, 6.07) is 3.95. The minimum atomic E-state index is 0.248.